The van der Waals surface area contributed by atoms with Crippen LogP contribution in [0.3, 0.4) is 0 Å². The van der Waals surface area contributed by atoms with Crippen molar-refractivity contribution in [2.75, 3.05) is 0 Å². The first kappa shape index (κ1) is 10.6. The van der Waals surface area contributed by atoms with Crippen LogP contribution in [0.4, 0.5) is 0 Å². The molecule has 1 amide bonds. The normalized spacial score (nSPS) is 9.86. The maximum atomic E-state index is 11.1. The lowest BCUT2D eigenvalue weighted by Gasteiger charge is -2.02. The minimum absolute atomic E-state index is 0.0647. The third kappa shape index (κ3) is 3.51. The van der Waals surface area contributed by atoms with E-state index in [-0.39, 0.29) is 5.91 Å². The highest BCUT2D eigenvalue weighted by Gasteiger charge is 2.00. The number of carbonyl (C=O) groups is 1. The van der Waals surface area contributed by atoms with Gasteiger partial charge in [0.15, 0.2) is 0 Å². The van der Waals surface area contributed by atoms with Crippen molar-refractivity contribution < 1.29 is 4.79 Å². The first-order chi connectivity index (χ1) is 6.72. The molecule has 4 nitrogen and oxygen atoms in total. The Bertz CT molecular complexity index is 295. The van der Waals surface area contributed by atoms with E-state index in [0.29, 0.717) is 13.0 Å². The number of hydrogen-bond donors (Lipinski definition) is 1. The van der Waals surface area contributed by atoms with Gasteiger partial charge in [-0.1, -0.05) is 6.92 Å². The zero-order valence-electron chi connectivity index (χ0n) is 8.58. The van der Waals surface area contributed by atoms with Crippen molar-refractivity contribution in [1.82, 2.24) is 15.5 Å². The molecule has 1 heterocycles. The average Bonchev–Trinajstić information content (AvgIpc) is 2.17. The van der Waals surface area contributed by atoms with Crippen molar-refractivity contribution in [2.24, 2.45) is 0 Å². The molecule has 76 valence electrons. The van der Waals surface area contributed by atoms with Crippen molar-refractivity contribution in [3.8, 4) is 0 Å². The van der Waals surface area contributed by atoms with Gasteiger partial charge in [0, 0.05) is 6.42 Å². The summed E-state index contributed by atoms with van der Waals surface area (Å²) < 4.78 is 0. The zero-order chi connectivity index (χ0) is 10.4. The minimum atomic E-state index is 0.0647. The van der Waals surface area contributed by atoms with Gasteiger partial charge in [-0.25, -0.2) is 0 Å². The summed E-state index contributed by atoms with van der Waals surface area (Å²) in [5.74, 6) is 0.0647. The summed E-state index contributed by atoms with van der Waals surface area (Å²) in [7, 11) is 0. The van der Waals surface area contributed by atoms with Crippen LogP contribution in [-0.2, 0) is 11.3 Å². The first-order valence-corrected chi connectivity index (χ1v) is 4.78. The zero-order valence-corrected chi connectivity index (χ0v) is 8.58. The van der Waals surface area contributed by atoms with Gasteiger partial charge < -0.3 is 5.32 Å². The average molecular weight is 193 g/mol. The van der Waals surface area contributed by atoms with Gasteiger partial charge in [0.2, 0.25) is 5.91 Å². The number of carbonyl (C=O) groups excluding carboxylic acids is 1. The van der Waals surface area contributed by atoms with Crippen LogP contribution in [-0.4, -0.2) is 16.1 Å². The molecule has 0 spiro atoms. The topological polar surface area (TPSA) is 54.9 Å². The van der Waals surface area contributed by atoms with Gasteiger partial charge in [0.1, 0.15) is 0 Å². The van der Waals surface area contributed by atoms with Crippen molar-refractivity contribution >= 4 is 5.91 Å². The van der Waals surface area contributed by atoms with E-state index in [1.165, 1.54) is 0 Å². The molecule has 0 bridgehead atoms. The van der Waals surface area contributed by atoms with Crippen molar-refractivity contribution in [3.05, 3.63) is 23.5 Å². The lowest BCUT2D eigenvalue weighted by molar-refractivity contribution is -0.121. The molecule has 4 heteroatoms. The Hall–Kier alpha value is -1.45. The summed E-state index contributed by atoms with van der Waals surface area (Å²) in [6.07, 6.45) is 1.44. The fourth-order valence-corrected chi connectivity index (χ4v) is 1.03. The van der Waals surface area contributed by atoms with Crippen molar-refractivity contribution in [3.63, 3.8) is 0 Å². The molecule has 0 aliphatic rings. The fourth-order valence-electron chi connectivity index (χ4n) is 1.03. The van der Waals surface area contributed by atoms with E-state index in [9.17, 15) is 4.79 Å². The predicted molar refractivity (Wildman–Crippen MR) is 53.5 cm³/mol. The molecular weight excluding hydrogens is 178 g/mol. The molecule has 1 N–H and O–H groups in total. The molecule has 0 aliphatic heterocycles. The van der Waals surface area contributed by atoms with Gasteiger partial charge in [0.25, 0.3) is 0 Å². The number of amides is 1. The number of hydrogen-bond acceptors (Lipinski definition) is 3. The van der Waals surface area contributed by atoms with Crippen LogP contribution in [0.5, 0.6) is 0 Å². The molecule has 0 aliphatic carbocycles. The molecule has 0 atom stereocenters. The molecule has 0 unspecified atom stereocenters. The van der Waals surface area contributed by atoms with E-state index in [2.05, 4.69) is 15.5 Å². The van der Waals surface area contributed by atoms with E-state index in [0.717, 1.165) is 17.8 Å². The number of aryl methyl sites for hydroxylation is 1. The second kappa shape index (κ2) is 5.32. The number of rotatable bonds is 4. The third-order valence-corrected chi connectivity index (χ3v) is 1.80. The molecule has 0 fully saturated rings. The fraction of sp³-hybridized carbons (Fsp3) is 0.500. The van der Waals surface area contributed by atoms with E-state index in [1.54, 1.807) is 0 Å². The van der Waals surface area contributed by atoms with Crippen LogP contribution < -0.4 is 5.32 Å². The van der Waals surface area contributed by atoms with Gasteiger partial charge in [-0.05, 0) is 25.5 Å². The number of nitrogens with one attached hydrogen (secondary N) is 1. The van der Waals surface area contributed by atoms with Gasteiger partial charge in [0.05, 0.1) is 17.9 Å². The largest absolute Gasteiger partial charge is 0.350 e. The Labute approximate surface area is 83.7 Å². The predicted octanol–water partition coefficient (Wildman–Crippen LogP) is 1.20. The summed E-state index contributed by atoms with van der Waals surface area (Å²) in [4.78, 5) is 11.1. The second-order valence-electron chi connectivity index (χ2n) is 3.19. The van der Waals surface area contributed by atoms with E-state index in [4.69, 9.17) is 0 Å². The summed E-state index contributed by atoms with van der Waals surface area (Å²) >= 11 is 0. The molecule has 1 aromatic rings. The summed E-state index contributed by atoms with van der Waals surface area (Å²) in [5, 5.41) is 10.6. The maximum Gasteiger partial charge on any atom is 0.220 e. The lowest BCUT2D eigenvalue weighted by atomic mass is 10.3. The molecule has 1 rings (SSSR count). The quantitative estimate of drug-likeness (QED) is 0.781. The monoisotopic (exact) mass is 193 g/mol. The van der Waals surface area contributed by atoms with Crippen LogP contribution in [0.2, 0.25) is 0 Å². The first-order valence-electron chi connectivity index (χ1n) is 4.78. The van der Waals surface area contributed by atoms with Crippen LogP contribution in [0.25, 0.3) is 0 Å². The highest BCUT2D eigenvalue weighted by Crippen LogP contribution is 1.95. The highest BCUT2D eigenvalue weighted by molar-refractivity contribution is 5.75. The standard InChI is InChI=1S/C10H15N3O/c1-3-4-10(14)11-7-9-6-5-8(2)12-13-9/h5-6H,3-4,7H2,1-2H3,(H,11,14). The molecule has 1 aromatic heterocycles. The smallest absolute Gasteiger partial charge is 0.220 e. The number of aromatic nitrogens is 2. The summed E-state index contributed by atoms with van der Waals surface area (Å²) in [5.41, 5.74) is 1.67. The Kier molecular flexibility index (Phi) is 4.04. The molecule has 0 saturated heterocycles. The van der Waals surface area contributed by atoms with Gasteiger partial charge in [-0.3, -0.25) is 4.79 Å². The Morgan fingerprint density at radius 3 is 2.79 bits per heavy atom. The maximum absolute atomic E-state index is 11.1. The van der Waals surface area contributed by atoms with Crippen LogP contribution in [0.15, 0.2) is 12.1 Å². The number of nitrogens with zero attached hydrogens (tertiary/aromatic N) is 2. The van der Waals surface area contributed by atoms with E-state index >= 15 is 0 Å². The van der Waals surface area contributed by atoms with Crippen LogP contribution >= 0.6 is 0 Å². The van der Waals surface area contributed by atoms with Crippen molar-refractivity contribution in [1.29, 1.82) is 0 Å². The highest BCUT2D eigenvalue weighted by atomic mass is 16.1. The minimum Gasteiger partial charge on any atom is -0.350 e. The van der Waals surface area contributed by atoms with Gasteiger partial charge in [-0.2, -0.15) is 10.2 Å². The van der Waals surface area contributed by atoms with Gasteiger partial charge in [-0.15, -0.1) is 0 Å². The Morgan fingerprint density at radius 2 is 2.21 bits per heavy atom. The SMILES string of the molecule is CCCC(=O)NCc1ccc(C)nn1. The third-order valence-electron chi connectivity index (χ3n) is 1.80. The van der Waals surface area contributed by atoms with E-state index < -0.39 is 0 Å². The van der Waals surface area contributed by atoms with Crippen LogP contribution in [0, 0.1) is 6.92 Å². The van der Waals surface area contributed by atoms with Crippen LogP contribution in [0.1, 0.15) is 31.2 Å². The summed E-state index contributed by atoms with van der Waals surface area (Å²) in [6, 6.07) is 3.75. The molecule has 0 aromatic carbocycles. The Morgan fingerprint density at radius 1 is 1.43 bits per heavy atom. The lowest BCUT2D eigenvalue weighted by Crippen LogP contribution is -2.22. The molecule has 0 radical (unpaired) electrons. The Balaban J connectivity index is 2.38. The van der Waals surface area contributed by atoms with Crippen molar-refractivity contribution in [2.45, 2.75) is 33.2 Å². The second-order valence-corrected chi connectivity index (χ2v) is 3.19. The molecular formula is C10H15N3O. The molecule has 0 saturated carbocycles. The summed E-state index contributed by atoms with van der Waals surface area (Å²) in [6.45, 7) is 4.32. The molecule has 14 heavy (non-hydrogen) atoms. The van der Waals surface area contributed by atoms with E-state index in [1.807, 2.05) is 26.0 Å². The van der Waals surface area contributed by atoms with Gasteiger partial charge >= 0.3 is 0 Å².